The second-order valence-electron chi connectivity index (χ2n) is 12.2. The summed E-state index contributed by atoms with van der Waals surface area (Å²) in [6.07, 6.45) is 22.8. The number of hydrogen-bond acceptors (Lipinski definition) is 6. The van der Waals surface area contributed by atoms with Gasteiger partial charge in [-0.15, -0.1) is 0 Å². The summed E-state index contributed by atoms with van der Waals surface area (Å²) in [7, 11) is 0. The quantitative estimate of drug-likeness (QED) is 0.0550. The number of rotatable bonds is 27. The number of aromatic nitrogens is 2. The Labute approximate surface area is 276 Å². The van der Waals surface area contributed by atoms with Gasteiger partial charge < -0.3 is 9.47 Å². The Bertz CT molecular complexity index is 967. The van der Waals surface area contributed by atoms with Crippen LogP contribution in [0.15, 0.2) is 11.0 Å². The van der Waals surface area contributed by atoms with E-state index in [4.69, 9.17) is 9.47 Å². The molecule has 0 atom stereocenters. The van der Waals surface area contributed by atoms with E-state index in [0.29, 0.717) is 13.2 Å². The Balaban J connectivity index is 1.52. The zero-order chi connectivity index (χ0) is 31.8. The summed E-state index contributed by atoms with van der Waals surface area (Å²) >= 11 is 3.48. The molecule has 2 heterocycles. The minimum Gasteiger partial charge on any atom is -0.465 e. The first-order valence-electron chi connectivity index (χ1n) is 17.7. The summed E-state index contributed by atoms with van der Waals surface area (Å²) in [5, 5.41) is 0. The highest BCUT2D eigenvalue weighted by Gasteiger charge is 2.17. The topological polar surface area (TPSA) is 60.4 Å². The van der Waals surface area contributed by atoms with Crippen molar-refractivity contribution >= 4 is 34.6 Å². The zero-order valence-electron chi connectivity index (χ0n) is 28.5. The zero-order valence-corrected chi connectivity index (χ0v) is 30.1. The fourth-order valence-electron chi connectivity index (χ4n) is 5.52. The van der Waals surface area contributed by atoms with Crippen LogP contribution in [-0.2, 0) is 45.0 Å². The lowest BCUT2D eigenvalue weighted by Crippen LogP contribution is -2.34. The predicted molar refractivity (Wildman–Crippen MR) is 182 cm³/mol. The third kappa shape index (κ3) is 16.5. The van der Waals surface area contributed by atoms with E-state index in [2.05, 4.69) is 47.9 Å². The van der Waals surface area contributed by atoms with Gasteiger partial charge in [-0.3, -0.25) is 9.59 Å². The van der Waals surface area contributed by atoms with Crippen LogP contribution in [0.25, 0.3) is 0 Å². The number of esters is 2. The summed E-state index contributed by atoms with van der Waals surface area (Å²) in [5.74, 6) is -0.668. The number of nitrogens with zero attached hydrogens (tertiary/aromatic N) is 2. The lowest BCUT2D eigenvalue weighted by Gasteiger charge is -2.05. The van der Waals surface area contributed by atoms with E-state index < -0.39 is 0 Å². The maximum atomic E-state index is 12.2. The van der Waals surface area contributed by atoms with Gasteiger partial charge in [0.2, 0.25) is 11.0 Å². The molecule has 2 aromatic heterocycles. The molecule has 0 aliphatic carbocycles. The summed E-state index contributed by atoms with van der Waals surface area (Å²) in [4.78, 5) is 26.9. The van der Waals surface area contributed by atoms with Crippen molar-refractivity contribution in [1.29, 1.82) is 0 Å². The Kier molecular flexibility index (Phi) is 21.3. The molecule has 0 radical (unpaired) electrons. The van der Waals surface area contributed by atoms with Gasteiger partial charge in [-0.2, -0.15) is 9.13 Å². The minimum atomic E-state index is -0.334. The van der Waals surface area contributed by atoms with Gasteiger partial charge >= 0.3 is 11.9 Å². The molecule has 0 aliphatic heterocycles. The van der Waals surface area contributed by atoms with Crippen LogP contribution in [0, 0.1) is 13.8 Å². The predicted octanol–water partition coefficient (Wildman–Crippen LogP) is 8.93. The highest BCUT2D eigenvalue weighted by Crippen LogP contribution is 2.15. The van der Waals surface area contributed by atoms with Crippen LogP contribution >= 0.6 is 22.7 Å². The van der Waals surface area contributed by atoms with E-state index in [1.54, 1.807) is 22.7 Å². The monoisotopic (exact) mass is 650 g/mol. The molecule has 0 amide bonds. The molecule has 0 N–H and O–H groups in total. The average molecular weight is 651 g/mol. The van der Waals surface area contributed by atoms with Crippen molar-refractivity contribution in [1.82, 2.24) is 0 Å². The van der Waals surface area contributed by atoms with Crippen molar-refractivity contribution in [2.75, 3.05) is 13.2 Å². The number of ether oxygens (including phenoxy) is 2. The van der Waals surface area contributed by atoms with E-state index >= 15 is 0 Å². The molecule has 0 bridgehead atoms. The van der Waals surface area contributed by atoms with E-state index in [0.717, 1.165) is 25.9 Å². The molecular formula is C36H62N2O4S2+2. The largest absolute Gasteiger partial charge is 0.465 e. The highest BCUT2D eigenvalue weighted by atomic mass is 32.1. The Morgan fingerprint density at radius 2 is 0.909 bits per heavy atom. The standard InChI is InChI=1S/C36H62N2O4S2/c1-5-7-9-11-13-15-17-19-25-37-29-43-33(31(37)3)23-27-41-35(39)21-22-36(40)42-28-24-34-32(4)38(30-44-34)26-20-18-16-14-12-10-8-6-2/h29-30H,5-28H2,1-4H3/q+2. The van der Waals surface area contributed by atoms with Crippen LogP contribution in [0.4, 0.5) is 0 Å². The fraction of sp³-hybridized carbons (Fsp3) is 0.778. The van der Waals surface area contributed by atoms with Gasteiger partial charge in [0.25, 0.3) is 0 Å². The van der Waals surface area contributed by atoms with Gasteiger partial charge in [-0.1, -0.05) is 114 Å². The molecule has 0 unspecified atom stereocenters. The van der Waals surface area contributed by atoms with Crippen LogP contribution in [0.2, 0.25) is 0 Å². The van der Waals surface area contributed by atoms with Crippen molar-refractivity contribution in [3.8, 4) is 0 Å². The number of unbranched alkanes of at least 4 members (excludes halogenated alkanes) is 14. The second-order valence-corrected chi connectivity index (χ2v) is 14.1. The summed E-state index contributed by atoms with van der Waals surface area (Å²) in [6, 6.07) is 0. The normalized spacial score (nSPS) is 11.3. The van der Waals surface area contributed by atoms with Gasteiger partial charge in [0, 0.05) is 39.5 Å². The van der Waals surface area contributed by atoms with Crippen molar-refractivity contribution in [3.63, 3.8) is 0 Å². The summed E-state index contributed by atoms with van der Waals surface area (Å²) in [6.45, 7) is 11.7. The number of aryl methyl sites for hydroxylation is 2. The van der Waals surface area contributed by atoms with Gasteiger partial charge in [0.05, 0.1) is 35.8 Å². The molecule has 250 valence electrons. The van der Waals surface area contributed by atoms with E-state index in [-0.39, 0.29) is 24.8 Å². The first kappa shape index (κ1) is 38.4. The summed E-state index contributed by atoms with van der Waals surface area (Å²) in [5.41, 5.74) is 6.94. The SMILES string of the molecule is CCCCCCCCCC[n+]1csc(CCOC(=O)CCC(=O)OCCc2sc[n+](CCCCCCCCCC)c2C)c1C. The smallest absolute Gasteiger partial charge is 0.306 e. The first-order chi connectivity index (χ1) is 21.5. The third-order valence-electron chi connectivity index (χ3n) is 8.54. The number of thiazole rings is 2. The molecule has 2 rings (SSSR count). The minimum absolute atomic E-state index is 0.0668. The molecule has 44 heavy (non-hydrogen) atoms. The van der Waals surface area contributed by atoms with Gasteiger partial charge in [-0.25, -0.2) is 0 Å². The maximum absolute atomic E-state index is 12.2. The third-order valence-corrected chi connectivity index (χ3v) is 10.8. The molecular weight excluding hydrogens is 589 g/mol. The van der Waals surface area contributed by atoms with Crippen molar-refractivity contribution in [2.45, 2.75) is 169 Å². The number of carbonyl (C=O) groups is 2. The lowest BCUT2D eigenvalue weighted by molar-refractivity contribution is -0.698. The Hall–Kier alpha value is -1.80. The molecule has 0 spiro atoms. The molecule has 0 saturated heterocycles. The maximum Gasteiger partial charge on any atom is 0.306 e. The van der Waals surface area contributed by atoms with Gasteiger partial charge in [0.15, 0.2) is 11.4 Å². The van der Waals surface area contributed by atoms with E-state index in [9.17, 15) is 9.59 Å². The molecule has 0 aliphatic rings. The van der Waals surface area contributed by atoms with Crippen molar-refractivity contribution in [2.24, 2.45) is 0 Å². The van der Waals surface area contributed by atoms with Crippen LogP contribution < -0.4 is 9.13 Å². The van der Waals surface area contributed by atoms with Crippen molar-refractivity contribution in [3.05, 3.63) is 32.2 Å². The average Bonchev–Trinajstić information content (AvgIpc) is 3.55. The van der Waals surface area contributed by atoms with Crippen LogP contribution in [-0.4, -0.2) is 25.2 Å². The van der Waals surface area contributed by atoms with E-state index in [1.165, 1.54) is 124 Å². The van der Waals surface area contributed by atoms with Crippen molar-refractivity contribution < 1.29 is 28.2 Å². The van der Waals surface area contributed by atoms with Gasteiger partial charge in [-0.05, 0) is 12.8 Å². The Morgan fingerprint density at radius 3 is 1.27 bits per heavy atom. The molecule has 2 aromatic rings. The van der Waals surface area contributed by atoms with Crippen LogP contribution in [0.1, 0.15) is 151 Å². The van der Waals surface area contributed by atoms with E-state index in [1.807, 2.05) is 0 Å². The molecule has 8 heteroatoms. The Morgan fingerprint density at radius 1 is 0.568 bits per heavy atom. The van der Waals surface area contributed by atoms with Crippen LogP contribution in [0.5, 0.6) is 0 Å². The van der Waals surface area contributed by atoms with Gasteiger partial charge in [0.1, 0.15) is 13.1 Å². The fourth-order valence-corrected chi connectivity index (χ4v) is 7.53. The number of carbonyl (C=O) groups excluding carboxylic acids is 2. The highest BCUT2D eigenvalue weighted by molar-refractivity contribution is 7.09. The molecule has 6 nitrogen and oxygen atoms in total. The first-order valence-corrected chi connectivity index (χ1v) is 19.5. The van der Waals surface area contributed by atoms with Crippen LogP contribution in [0.3, 0.4) is 0 Å². The molecule has 0 saturated carbocycles. The number of hydrogen-bond donors (Lipinski definition) is 0. The second kappa shape index (κ2) is 24.4. The molecule has 0 fully saturated rings. The summed E-state index contributed by atoms with van der Waals surface area (Å²) < 4.78 is 15.5. The lowest BCUT2D eigenvalue weighted by atomic mass is 10.1. The molecule has 0 aromatic carbocycles.